The number of pyridine rings is 1. The number of benzene rings is 1. The van der Waals surface area contributed by atoms with E-state index in [9.17, 15) is 9.59 Å². The van der Waals surface area contributed by atoms with E-state index in [0.717, 1.165) is 16.7 Å². The van der Waals surface area contributed by atoms with Crippen molar-refractivity contribution in [3.05, 3.63) is 70.3 Å². The number of para-hydroxylation sites is 1. The minimum Gasteiger partial charge on any atom is -0.461 e. The molecule has 0 aliphatic heterocycles. The first-order valence-electron chi connectivity index (χ1n) is 7.48. The summed E-state index contributed by atoms with van der Waals surface area (Å²) in [5, 5.41) is 3.88. The van der Waals surface area contributed by atoms with Crippen molar-refractivity contribution in [3.63, 3.8) is 0 Å². The molecule has 3 rings (SSSR count). The molecule has 1 atom stereocenters. The molecular weight excluding hydrogens is 292 g/mol. The number of aryl methyl sites for hydroxylation is 1. The summed E-state index contributed by atoms with van der Waals surface area (Å²) in [6.45, 7) is 1.89. The SMILES string of the molecule is C[C@H](Cc1cc2ccccc2o1)NC(=O)c1cccn(C)c1=O. The van der Waals surface area contributed by atoms with Crippen molar-refractivity contribution in [2.24, 2.45) is 7.05 Å². The highest BCUT2D eigenvalue weighted by atomic mass is 16.3. The van der Waals surface area contributed by atoms with Crippen LogP contribution < -0.4 is 10.9 Å². The first kappa shape index (κ1) is 15.1. The molecule has 0 aliphatic rings. The molecule has 2 aromatic heterocycles. The number of carbonyl (C=O) groups is 1. The van der Waals surface area contributed by atoms with Gasteiger partial charge in [0, 0.05) is 31.1 Å². The van der Waals surface area contributed by atoms with Crippen molar-refractivity contribution in [2.45, 2.75) is 19.4 Å². The Hall–Kier alpha value is -2.82. The van der Waals surface area contributed by atoms with Crippen LogP contribution in [0.25, 0.3) is 11.0 Å². The van der Waals surface area contributed by atoms with Crippen LogP contribution in [0.1, 0.15) is 23.0 Å². The number of carbonyl (C=O) groups excluding carboxylic acids is 1. The van der Waals surface area contributed by atoms with E-state index >= 15 is 0 Å². The van der Waals surface area contributed by atoms with Crippen LogP contribution in [0.5, 0.6) is 0 Å². The Bertz CT molecular complexity index is 875. The summed E-state index contributed by atoms with van der Waals surface area (Å²) in [4.78, 5) is 24.2. The third-order valence-corrected chi connectivity index (χ3v) is 3.73. The molecule has 1 aromatic carbocycles. The van der Waals surface area contributed by atoms with Crippen molar-refractivity contribution in [1.29, 1.82) is 0 Å². The lowest BCUT2D eigenvalue weighted by Crippen LogP contribution is -2.38. The lowest BCUT2D eigenvalue weighted by molar-refractivity contribution is 0.0937. The summed E-state index contributed by atoms with van der Waals surface area (Å²) in [5.41, 5.74) is 0.672. The van der Waals surface area contributed by atoms with Gasteiger partial charge in [-0.15, -0.1) is 0 Å². The van der Waals surface area contributed by atoms with Gasteiger partial charge in [0.25, 0.3) is 11.5 Å². The number of amides is 1. The van der Waals surface area contributed by atoms with Crippen LogP contribution in [0.4, 0.5) is 0 Å². The van der Waals surface area contributed by atoms with E-state index in [-0.39, 0.29) is 23.1 Å². The van der Waals surface area contributed by atoms with Crippen LogP contribution in [0, 0.1) is 0 Å². The van der Waals surface area contributed by atoms with Gasteiger partial charge >= 0.3 is 0 Å². The smallest absolute Gasteiger partial charge is 0.263 e. The molecule has 1 N–H and O–H groups in total. The van der Waals surface area contributed by atoms with Gasteiger partial charge in [-0.25, -0.2) is 0 Å². The van der Waals surface area contributed by atoms with Crippen LogP contribution in [-0.4, -0.2) is 16.5 Å². The van der Waals surface area contributed by atoms with Crippen LogP contribution >= 0.6 is 0 Å². The van der Waals surface area contributed by atoms with Crippen LogP contribution in [-0.2, 0) is 13.5 Å². The Morgan fingerprint density at radius 3 is 2.83 bits per heavy atom. The van der Waals surface area contributed by atoms with Gasteiger partial charge < -0.3 is 14.3 Å². The molecule has 0 radical (unpaired) electrons. The number of furan rings is 1. The van der Waals surface area contributed by atoms with Crippen molar-refractivity contribution < 1.29 is 9.21 Å². The number of aromatic nitrogens is 1. The Labute approximate surface area is 133 Å². The molecule has 0 unspecified atom stereocenters. The Balaban J connectivity index is 1.71. The number of hydrogen-bond donors (Lipinski definition) is 1. The van der Waals surface area contributed by atoms with E-state index in [4.69, 9.17) is 4.42 Å². The average Bonchev–Trinajstić information content (AvgIpc) is 2.91. The topological polar surface area (TPSA) is 64.2 Å². The van der Waals surface area contributed by atoms with Crippen molar-refractivity contribution in [3.8, 4) is 0 Å². The molecular formula is C18H18N2O3. The first-order valence-corrected chi connectivity index (χ1v) is 7.48. The highest BCUT2D eigenvalue weighted by Crippen LogP contribution is 2.19. The maximum atomic E-state index is 12.2. The second-order valence-electron chi connectivity index (χ2n) is 5.67. The number of nitrogens with one attached hydrogen (secondary N) is 1. The largest absolute Gasteiger partial charge is 0.461 e. The zero-order chi connectivity index (χ0) is 16.4. The van der Waals surface area contributed by atoms with E-state index in [0.29, 0.717) is 6.42 Å². The van der Waals surface area contributed by atoms with Gasteiger partial charge in [-0.3, -0.25) is 9.59 Å². The van der Waals surface area contributed by atoms with Gasteiger partial charge in [0.2, 0.25) is 0 Å². The van der Waals surface area contributed by atoms with Crippen LogP contribution in [0.15, 0.2) is 57.9 Å². The molecule has 0 saturated carbocycles. The monoisotopic (exact) mass is 310 g/mol. The molecule has 3 aromatic rings. The summed E-state index contributed by atoms with van der Waals surface area (Å²) >= 11 is 0. The molecule has 0 spiro atoms. The second kappa shape index (κ2) is 6.12. The van der Waals surface area contributed by atoms with Crippen LogP contribution in [0.3, 0.4) is 0 Å². The fourth-order valence-corrected chi connectivity index (χ4v) is 2.56. The first-order chi connectivity index (χ1) is 11.0. The Kier molecular flexibility index (Phi) is 4.02. The van der Waals surface area contributed by atoms with Gasteiger partial charge in [0.1, 0.15) is 16.9 Å². The molecule has 0 saturated heterocycles. The average molecular weight is 310 g/mol. The zero-order valence-electron chi connectivity index (χ0n) is 13.1. The Morgan fingerprint density at radius 1 is 1.26 bits per heavy atom. The number of hydrogen-bond acceptors (Lipinski definition) is 3. The van der Waals surface area contributed by atoms with Gasteiger partial charge in [-0.05, 0) is 31.2 Å². The second-order valence-corrected chi connectivity index (χ2v) is 5.67. The molecule has 0 bridgehead atoms. The van der Waals surface area contributed by atoms with Gasteiger partial charge in [-0.2, -0.15) is 0 Å². The van der Waals surface area contributed by atoms with Crippen LogP contribution in [0.2, 0.25) is 0 Å². The fraction of sp³-hybridized carbons (Fsp3) is 0.222. The third-order valence-electron chi connectivity index (χ3n) is 3.73. The molecule has 0 aliphatic carbocycles. The van der Waals surface area contributed by atoms with E-state index < -0.39 is 0 Å². The third kappa shape index (κ3) is 3.18. The zero-order valence-corrected chi connectivity index (χ0v) is 13.1. The van der Waals surface area contributed by atoms with Gasteiger partial charge in [0.05, 0.1) is 0 Å². The molecule has 118 valence electrons. The standard InChI is InChI=1S/C18H18N2O3/c1-12(10-14-11-13-6-3-4-8-16(13)23-14)19-17(21)15-7-5-9-20(2)18(15)22/h3-9,11-12H,10H2,1-2H3,(H,19,21)/t12-/m1/s1. The summed E-state index contributed by atoms with van der Waals surface area (Å²) in [5.74, 6) is 0.440. The number of nitrogens with zero attached hydrogens (tertiary/aromatic N) is 1. The predicted octanol–water partition coefficient (Wildman–Crippen LogP) is 2.49. The maximum Gasteiger partial charge on any atom is 0.263 e. The normalized spacial score (nSPS) is 12.3. The van der Waals surface area contributed by atoms with E-state index in [2.05, 4.69) is 5.32 Å². The minimum absolute atomic E-state index is 0.145. The molecule has 1 amide bonds. The lowest BCUT2D eigenvalue weighted by atomic mass is 10.1. The summed E-state index contributed by atoms with van der Waals surface area (Å²) < 4.78 is 7.14. The number of fused-ring (bicyclic) bond motifs is 1. The molecule has 23 heavy (non-hydrogen) atoms. The summed E-state index contributed by atoms with van der Waals surface area (Å²) in [6, 6.07) is 12.8. The summed E-state index contributed by atoms with van der Waals surface area (Å²) in [7, 11) is 1.62. The highest BCUT2D eigenvalue weighted by molar-refractivity contribution is 5.94. The minimum atomic E-state index is -0.366. The van der Waals surface area contributed by atoms with Gasteiger partial charge in [0.15, 0.2) is 0 Å². The fourth-order valence-electron chi connectivity index (χ4n) is 2.56. The van der Waals surface area contributed by atoms with Crippen molar-refractivity contribution >= 4 is 16.9 Å². The van der Waals surface area contributed by atoms with Gasteiger partial charge in [-0.1, -0.05) is 18.2 Å². The van der Waals surface area contributed by atoms with E-state index in [1.54, 1.807) is 19.3 Å². The van der Waals surface area contributed by atoms with Crippen molar-refractivity contribution in [1.82, 2.24) is 9.88 Å². The summed E-state index contributed by atoms with van der Waals surface area (Å²) in [6.07, 6.45) is 2.19. The quantitative estimate of drug-likeness (QED) is 0.805. The Morgan fingerprint density at radius 2 is 2.04 bits per heavy atom. The molecule has 5 heteroatoms. The number of rotatable bonds is 4. The lowest BCUT2D eigenvalue weighted by Gasteiger charge is -2.12. The molecule has 5 nitrogen and oxygen atoms in total. The molecule has 0 fully saturated rings. The van der Waals surface area contributed by atoms with E-state index in [1.807, 2.05) is 37.3 Å². The maximum absolute atomic E-state index is 12.2. The predicted molar refractivity (Wildman–Crippen MR) is 88.5 cm³/mol. The van der Waals surface area contributed by atoms with Crippen molar-refractivity contribution in [2.75, 3.05) is 0 Å². The van der Waals surface area contributed by atoms with E-state index in [1.165, 1.54) is 10.6 Å². The molecule has 2 heterocycles. The highest BCUT2D eigenvalue weighted by Gasteiger charge is 2.15.